The second-order valence-corrected chi connectivity index (χ2v) is 4.55. The van der Waals surface area contributed by atoms with Crippen molar-refractivity contribution in [1.29, 1.82) is 0 Å². The molecule has 0 radical (unpaired) electrons. The highest BCUT2D eigenvalue weighted by Gasteiger charge is 2.08. The Balaban J connectivity index is 2.25. The van der Waals surface area contributed by atoms with Gasteiger partial charge >= 0.3 is 0 Å². The van der Waals surface area contributed by atoms with Gasteiger partial charge in [-0.1, -0.05) is 13.0 Å². The number of ether oxygens (including phenoxy) is 1. The number of imidazole rings is 1. The molecular formula is C15H21N3O. The largest absolute Gasteiger partial charge is 0.497 e. The van der Waals surface area contributed by atoms with Crippen molar-refractivity contribution >= 4 is 0 Å². The van der Waals surface area contributed by atoms with Gasteiger partial charge in [-0.25, -0.2) is 4.98 Å². The summed E-state index contributed by atoms with van der Waals surface area (Å²) in [5.41, 5.74) is 2.56. The summed E-state index contributed by atoms with van der Waals surface area (Å²) in [5.74, 6) is 1.97. The zero-order chi connectivity index (χ0) is 13.7. The molecule has 0 saturated carbocycles. The van der Waals surface area contributed by atoms with Gasteiger partial charge in [0.1, 0.15) is 11.6 Å². The van der Waals surface area contributed by atoms with Crippen LogP contribution in [0.1, 0.15) is 23.9 Å². The molecular weight excluding hydrogens is 238 g/mol. The predicted molar refractivity (Wildman–Crippen MR) is 76.4 cm³/mol. The molecule has 2 aromatic rings. The number of aryl methyl sites for hydroxylation is 1. The van der Waals surface area contributed by atoms with Crippen LogP contribution in [0.2, 0.25) is 0 Å². The first kappa shape index (κ1) is 13.6. The van der Waals surface area contributed by atoms with Crippen LogP contribution in [-0.2, 0) is 20.0 Å². The summed E-state index contributed by atoms with van der Waals surface area (Å²) in [6, 6.07) is 6.23. The summed E-state index contributed by atoms with van der Waals surface area (Å²) in [7, 11) is 3.72. The monoisotopic (exact) mass is 259 g/mol. The molecule has 1 N–H and O–H groups in total. The summed E-state index contributed by atoms with van der Waals surface area (Å²) >= 11 is 0. The van der Waals surface area contributed by atoms with E-state index in [2.05, 4.69) is 33.9 Å². The van der Waals surface area contributed by atoms with Crippen LogP contribution < -0.4 is 10.1 Å². The highest BCUT2D eigenvalue weighted by molar-refractivity contribution is 5.37. The van der Waals surface area contributed by atoms with E-state index in [1.165, 1.54) is 11.1 Å². The van der Waals surface area contributed by atoms with Gasteiger partial charge in [0.25, 0.3) is 0 Å². The third-order valence-corrected chi connectivity index (χ3v) is 3.25. The van der Waals surface area contributed by atoms with Gasteiger partial charge in [0.15, 0.2) is 0 Å². The minimum Gasteiger partial charge on any atom is -0.497 e. The van der Waals surface area contributed by atoms with Gasteiger partial charge in [0.05, 0.1) is 7.11 Å². The van der Waals surface area contributed by atoms with Gasteiger partial charge in [-0.2, -0.15) is 0 Å². The van der Waals surface area contributed by atoms with Crippen LogP contribution in [0.3, 0.4) is 0 Å². The van der Waals surface area contributed by atoms with Crippen molar-refractivity contribution in [3.63, 3.8) is 0 Å². The zero-order valence-electron chi connectivity index (χ0n) is 11.8. The number of methoxy groups -OCH3 is 1. The fourth-order valence-corrected chi connectivity index (χ4v) is 2.06. The molecule has 1 aromatic heterocycles. The van der Waals surface area contributed by atoms with Crippen LogP contribution in [-0.4, -0.2) is 23.2 Å². The molecule has 0 spiro atoms. The SMILES string of the molecule is CCNCc1cc(OC)ccc1Cc1nccn1C. The summed E-state index contributed by atoms with van der Waals surface area (Å²) < 4.78 is 7.36. The van der Waals surface area contributed by atoms with Gasteiger partial charge in [-0.15, -0.1) is 0 Å². The molecule has 0 aliphatic carbocycles. The lowest BCUT2D eigenvalue weighted by atomic mass is 10.0. The van der Waals surface area contributed by atoms with E-state index in [0.717, 1.165) is 31.1 Å². The molecule has 19 heavy (non-hydrogen) atoms. The summed E-state index contributed by atoms with van der Waals surface area (Å²) in [6.45, 7) is 3.92. The Morgan fingerprint density at radius 1 is 1.32 bits per heavy atom. The highest BCUT2D eigenvalue weighted by Crippen LogP contribution is 2.20. The van der Waals surface area contributed by atoms with Gasteiger partial charge in [-0.3, -0.25) is 0 Å². The molecule has 0 aliphatic rings. The number of benzene rings is 1. The molecule has 0 unspecified atom stereocenters. The van der Waals surface area contributed by atoms with E-state index in [9.17, 15) is 0 Å². The van der Waals surface area contributed by atoms with Crippen LogP contribution in [0.25, 0.3) is 0 Å². The van der Waals surface area contributed by atoms with Gasteiger partial charge in [0.2, 0.25) is 0 Å². The van der Waals surface area contributed by atoms with E-state index in [4.69, 9.17) is 4.74 Å². The summed E-state index contributed by atoms with van der Waals surface area (Å²) in [5, 5.41) is 3.37. The Kier molecular flexibility index (Phi) is 4.58. The first-order valence-electron chi connectivity index (χ1n) is 6.57. The molecule has 4 heteroatoms. The lowest BCUT2D eigenvalue weighted by Crippen LogP contribution is -2.14. The van der Waals surface area contributed by atoms with Crippen LogP contribution in [0.5, 0.6) is 5.75 Å². The molecule has 0 fully saturated rings. The van der Waals surface area contributed by atoms with Gasteiger partial charge in [0, 0.05) is 32.4 Å². The van der Waals surface area contributed by atoms with Crippen molar-refractivity contribution in [3.8, 4) is 5.75 Å². The molecule has 2 rings (SSSR count). The van der Waals surface area contributed by atoms with Crippen molar-refractivity contribution in [3.05, 3.63) is 47.5 Å². The fourth-order valence-electron chi connectivity index (χ4n) is 2.06. The minimum atomic E-state index is 0.841. The molecule has 102 valence electrons. The number of aromatic nitrogens is 2. The summed E-state index contributed by atoms with van der Waals surface area (Å²) in [6.07, 6.45) is 4.65. The average molecular weight is 259 g/mol. The molecule has 1 heterocycles. The van der Waals surface area contributed by atoms with E-state index >= 15 is 0 Å². The number of rotatable bonds is 6. The normalized spacial score (nSPS) is 10.7. The predicted octanol–water partition coefficient (Wildman–Crippen LogP) is 2.13. The van der Waals surface area contributed by atoms with Crippen molar-refractivity contribution in [1.82, 2.24) is 14.9 Å². The Labute approximate surface area is 114 Å². The van der Waals surface area contributed by atoms with Crippen molar-refractivity contribution in [2.24, 2.45) is 7.05 Å². The van der Waals surface area contributed by atoms with Crippen LogP contribution in [0, 0.1) is 0 Å². The van der Waals surface area contributed by atoms with Crippen molar-refractivity contribution < 1.29 is 4.74 Å². The highest BCUT2D eigenvalue weighted by atomic mass is 16.5. The molecule has 1 aromatic carbocycles. The van der Waals surface area contributed by atoms with Crippen molar-refractivity contribution in [2.75, 3.05) is 13.7 Å². The third kappa shape index (κ3) is 3.35. The third-order valence-electron chi connectivity index (χ3n) is 3.25. The van der Waals surface area contributed by atoms with Crippen LogP contribution in [0.15, 0.2) is 30.6 Å². The maximum Gasteiger partial charge on any atom is 0.119 e. The first-order chi connectivity index (χ1) is 9.24. The maximum atomic E-state index is 5.30. The Morgan fingerprint density at radius 3 is 2.79 bits per heavy atom. The van der Waals surface area contributed by atoms with Gasteiger partial charge < -0.3 is 14.6 Å². The van der Waals surface area contributed by atoms with Gasteiger partial charge in [-0.05, 0) is 29.8 Å². The number of nitrogens with zero attached hydrogens (tertiary/aromatic N) is 2. The Hall–Kier alpha value is -1.81. The molecule has 0 amide bonds. The van der Waals surface area contributed by atoms with E-state index in [0.29, 0.717) is 0 Å². The van der Waals surface area contributed by atoms with E-state index in [1.54, 1.807) is 7.11 Å². The number of hydrogen-bond donors (Lipinski definition) is 1. The zero-order valence-corrected chi connectivity index (χ0v) is 11.8. The smallest absolute Gasteiger partial charge is 0.119 e. The maximum absolute atomic E-state index is 5.30. The Bertz CT molecular complexity index is 534. The van der Waals surface area contributed by atoms with E-state index in [1.807, 2.05) is 25.5 Å². The number of nitrogens with one attached hydrogen (secondary N) is 1. The van der Waals surface area contributed by atoms with E-state index in [-0.39, 0.29) is 0 Å². The lowest BCUT2D eigenvalue weighted by Gasteiger charge is -2.12. The summed E-state index contributed by atoms with van der Waals surface area (Å²) in [4.78, 5) is 4.39. The first-order valence-corrected chi connectivity index (χ1v) is 6.57. The Morgan fingerprint density at radius 2 is 2.16 bits per heavy atom. The standard InChI is InChI=1S/C15H21N3O/c1-4-16-11-13-9-14(19-3)6-5-12(13)10-15-17-7-8-18(15)2/h5-9,16H,4,10-11H2,1-3H3. The molecule has 0 saturated heterocycles. The minimum absolute atomic E-state index is 0.841. The molecule has 0 bridgehead atoms. The second-order valence-electron chi connectivity index (χ2n) is 4.55. The number of hydrogen-bond acceptors (Lipinski definition) is 3. The lowest BCUT2D eigenvalue weighted by molar-refractivity contribution is 0.414. The second kappa shape index (κ2) is 6.38. The van der Waals surface area contributed by atoms with E-state index < -0.39 is 0 Å². The van der Waals surface area contributed by atoms with Crippen LogP contribution in [0.4, 0.5) is 0 Å². The average Bonchev–Trinajstić information content (AvgIpc) is 2.83. The topological polar surface area (TPSA) is 39.1 Å². The van der Waals surface area contributed by atoms with Crippen molar-refractivity contribution in [2.45, 2.75) is 19.9 Å². The molecule has 0 atom stereocenters. The fraction of sp³-hybridized carbons (Fsp3) is 0.400. The molecule has 4 nitrogen and oxygen atoms in total. The molecule has 0 aliphatic heterocycles. The quantitative estimate of drug-likeness (QED) is 0.863. The van der Waals surface area contributed by atoms with Crippen LogP contribution >= 0.6 is 0 Å².